The highest BCUT2D eigenvalue weighted by molar-refractivity contribution is 7.12. The summed E-state index contributed by atoms with van der Waals surface area (Å²) < 4.78 is 28.0. The van der Waals surface area contributed by atoms with Crippen LogP contribution in [0.1, 0.15) is 47.7 Å². The van der Waals surface area contributed by atoms with Gasteiger partial charge in [-0.2, -0.15) is 0 Å². The quantitative estimate of drug-likeness (QED) is 0.855. The van der Waals surface area contributed by atoms with Crippen LogP contribution in [-0.2, 0) is 5.41 Å². The topological polar surface area (TPSA) is 26.0 Å². The molecule has 0 aliphatic heterocycles. The van der Waals surface area contributed by atoms with Crippen LogP contribution in [0.5, 0.6) is 0 Å². The molecule has 20 heavy (non-hydrogen) atoms. The Morgan fingerprint density at radius 2 is 1.75 bits per heavy atom. The fourth-order valence-corrected chi connectivity index (χ4v) is 3.11. The fourth-order valence-electron chi connectivity index (χ4n) is 2.03. The number of benzene rings is 1. The zero-order valence-corrected chi connectivity index (χ0v) is 12.9. The summed E-state index contributed by atoms with van der Waals surface area (Å²) in [6.07, 6.45) is 0. The molecule has 2 rings (SSSR count). The van der Waals surface area contributed by atoms with E-state index in [1.54, 1.807) is 6.92 Å². The lowest BCUT2D eigenvalue weighted by atomic mass is 9.95. The van der Waals surface area contributed by atoms with Crippen molar-refractivity contribution in [2.45, 2.75) is 39.2 Å². The lowest BCUT2D eigenvalue weighted by molar-refractivity contribution is 0.539. The Morgan fingerprint density at radius 3 is 2.30 bits per heavy atom. The number of hydrogen-bond acceptors (Lipinski definition) is 2. The first-order valence-electron chi connectivity index (χ1n) is 6.52. The van der Waals surface area contributed by atoms with Gasteiger partial charge < -0.3 is 5.73 Å². The number of halogens is 2. The van der Waals surface area contributed by atoms with E-state index in [-0.39, 0.29) is 11.0 Å². The molecule has 2 N–H and O–H groups in total. The molecule has 0 spiro atoms. The molecule has 1 unspecified atom stereocenters. The second-order valence-corrected chi connectivity index (χ2v) is 7.14. The molecule has 1 heterocycles. The SMILES string of the molecule is Cc1ccc(F)c(C(N)c2ccc(C(C)(C)C)s2)c1F. The summed E-state index contributed by atoms with van der Waals surface area (Å²) in [6.45, 7) is 7.91. The summed E-state index contributed by atoms with van der Waals surface area (Å²) in [5.41, 5.74) is 6.44. The van der Waals surface area contributed by atoms with E-state index in [9.17, 15) is 8.78 Å². The van der Waals surface area contributed by atoms with Gasteiger partial charge in [0.1, 0.15) is 11.6 Å². The molecule has 0 aliphatic carbocycles. The minimum absolute atomic E-state index is 0.00628. The molecular weight excluding hydrogens is 276 g/mol. The normalized spacial score (nSPS) is 13.6. The van der Waals surface area contributed by atoms with Crippen LogP contribution in [0.4, 0.5) is 8.78 Å². The van der Waals surface area contributed by atoms with Gasteiger partial charge in [0.2, 0.25) is 0 Å². The largest absolute Gasteiger partial charge is 0.319 e. The molecule has 0 radical (unpaired) electrons. The molecule has 0 saturated heterocycles. The van der Waals surface area contributed by atoms with Gasteiger partial charge in [0.25, 0.3) is 0 Å². The minimum atomic E-state index is -0.768. The van der Waals surface area contributed by atoms with Crippen LogP contribution in [0.25, 0.3) is 0 Å². The maximum absolute atomic E-state index is 14.1. The van der Waals surface area contributed by atoms with Crippen molar-refractivity contribution in [1.82, 2.24) is 0 Å². The van der Waals surface area contributed by atoms with Gasteiger partial charge >= 0.3 is 0 Å². The molecule has 0 amide bonds. The van der Waals surface area contributed by atoms with Crippen molar-refractivity contribution in [3.63, 3.8) is 0 Å². The van der Waals surface area contributed by atoms with E-state index in [1.807, 2.05) is 12.1 Å². The van der Waals surface area contributed by atoms with Gasteiger partial charge in [-0.15, -0.1) is 11.3 Å². The minimum Gasteiger partial charge on any atom is -0.319 e. The maximum atomic E-state index is 14.1. The molecule has 0 fully saturated rings. The summed E-state index contributed by atoms with van der Waals surface area (Å²) in [6, 6.07) is 5.76. The summed E-state index contributed by atoms with van der Waals surface area (Å²) in [5.74, 6) is -1.14. The van der Waals surface area contributed by atoms with Crippen molar-refractivity contribution >= 4 is 11.3 Å². The average Bonchev–Trinajstić information content (AvgIpc) is 2.83. The van der Waals surface area contributed by atoms with Gasteiger partial charge in [-0.1, -0.05) is 26.8 Å². The third kappa shape index (κ3) is 2.76. The molecule has 4 heteroatoms. The van der Waals surface area contributed by atoms with Gasteiger partial charge in [-0.3, -0.25) is 0 Å². The first-order chi connectivity index (χ1) is 9.21. The molecule has 1 atom stereocenters. The van der Waals surface area contributed by atoms with Crippen LogP contribution in [0.3, 0.4) is 0 Å². The smallest absolute Gasteiger partial charge is 0.134 e. The Kier molecular flexibility index (Phi) is 3.98. The molecule has 1 nitrogen and oxygen atoms in total. The van der Waals surface area contributed by atoms with Crippen molar-refractivity contribution in [2.24, 2.45) is 5.73 Å². The summed E-state index contributed by atoms with van der Waals surface area (Å²) in [5, 5.41) is 0. The van der Waals surface area contributed by atoms with Crippen molar-refractivity contribution in [2.75, 3.05) is 0 Å². The molecule has 0 bridgehead atoms. The lowest BCUT2D eigenvalue weighted by Crippen LogP contribution is -2.15. The highest BCUT2D eigenvalue weighted by Gasteiger charge is 2.23. The summed E-state index contributed by atoms with van der Waals surface area (Å²) in [7, 11) is 0. The molecule has 1 aromatic carbocycles. The Morgan fingerprint density at radius 1 is 1.10 bits per heavy atom. The van der Waals surface area contributed by atoms with E-state index < -0.39 is 17.7 Å². The Labute approximate surface area is 122 Å². The van der Waals surface area contributed by atoms with Crippen molar-refractivity contribution in [3.8, 4) is 0 Å². The Hall–Kier alpha value is -1.26. The lowest BCUT2D eigenvalue weighted by Gasteiger charge is -2.16. The Bertz CT molecular complexity index is 626. The van der Waals surface area contributed by atoms with Crippen LogP contribution in [0.15, 0.2) is 24.3 Å². The van der Waals surface area contributed by atoms with Gasteiger partial charge in [0.05, 0.1) is 6.04 Å². The van der Waals surface area contributed by atoms with E-state index in [2.05, 4.69) is 20.8 Å². The summed E-state index contributed by atoms with van der Waals surface area (Å²) >= 11 is 1.51. The van der Waals surface area contributed by atoms with Crippen LogP contribution >= 0.6 is 11.3 Å². The first kappa shape index (κ1) is 15.1. The maximum Gasteiger partial charge on any atom is 0.134 e. The molecule has 0 saturated carbocycles. The first-order valence-corrected chi connectivity index (χ1v) is 7.33. The zero-order valence-electron chi connectivity index (χ0n) is 12.1. The van der Waals surface area contributed by atoms with E-state index in [4.69, 9.17) is 5.73 Å². The van der Waals surface area contributed by atoms with Gasteiger partial charge in [0.15, 0.2) is 0 Å². The van der Waals surface area contributed by atoms with Crippen LogP contribution in [0.2, 0.25) is 0 Å². The number of hydrogen-bond donors (Lipinski definition) is 1. The number of nitrogens with two attached hydrogens (primary N) is 1. The van der Waals surface area contributed by atoms with Crippen molar-refractivity contribution in [3.05, 3.63) is 56.8 Å². The zero-order chi connectivity index (χ0) is 15.1. The third-order valence-corrected chi connectivity index (χ3v) is 4.90. The second kappa shape index (κ2) is 5.26. The van der Waals surface area contributed by atoms with E-state index in [1.165, 1.54) is 23.5 Å². The van der Waals surface area contributed by atoms with Crippen LogP contribution in [-0.4, -0.2) is 0 Å². The molecular formula is C16H19F2NS. The van der Waals surface area contributed by atoms with Crippen LogP contribution < -0.4 is 5.73 Å². The van der Waals surface area contributed by atoms with E-state index in [0.717, 1.165) is 9.75 Å². The van der Waals surface area contributed by atoms with E-state index in [0.29, 0.717) is 5.56 Å². The number of aryl methyl sites for hydroxylation is 1. The predicted octanol–water partition coefficient (Wildman–Crippen LogP) is 4.68. The highest BCUT2D eigenvalue weighted by Crippen LogP contribution is 2.35. The molecule has 108 valence electrons. The second-order valence-electron chi connectivity index (χ2n) is 6.02. The van der Waals surface area contributed by atoms with Crippen LogP contribution in [0, 0.1) is 18.6 Å². The van der Waals surface area contributed by atoms with E-state index >= 15 is 0 Å². The number of rotatable bonds is 2. The predicted molar refractivity (Wildman–Crippen MR) is 80.1 cm³/mol. The standard InChI is InChI=1S/C16H19F2NS/c1-9-5-6-10(17)13(14(9)18)15(19)11-7-8-12(20-11)16(2,3)4/h5-8,15H,19H2,1-4H3. The molecule has 2 aromatic rings. The highest BCUT2D eigenvalue weighted by atomic mass is 32.1. The Balaban J connectivity index is 2.44. The molecule has 0 aliphatic rings. The van der Waals surface area contributed by atoms with Gasteiger partial charge in [0, 0.05) is 15.3 Å². The van der Waals surface area contributed by atoms with Gasteiger partial charge in [-0.05, 0) is 36.1 Å². The van der Waals surface area contributed by atoms with Crippen molar-refractivity contribution in [1.29, 1.82) is 0 Å². The van der Waals surface area contributed by atoms with Crippen molar-refractivity contribution < 1.29 is 8.78 Å². The molecule has 1 aromatic heterocycles. The monoisotopic (exact) mass is 295 g/mol. The van der Waals surface area contributed by atoms with Gasteiger partial charge in [-0.25, -0.2) is 8.78 Å². The fraction of sp³-hybridized carbons (Fsp3) is 0.375. The third-order valence-electron chi connectivity index (χ3n) is 3.30. The number of thiophene rings is 1. The average molecular weight is 295 g/mol. The summed E-state index contributed by atoms with van der Waals surface area (Å²) in [4.78, 5) is 1.93.